The molecule has 1 aliphatic heterocycles. The number of nitrogens with one attached hydrogen (secondary N) is 1. The van der Waals surface area contributed by atoms with Crippen LogP contribution in [0.1, 0.15) is 70.6 Å². The molecule has 0 aromatic rings. The van der Waals surface area contributed by atoms with Gasteiger partial charge in [-0.05, 0) is 38.8 Å². The lowest BCUT2D eigenvalue weighted by Gasteiger charge is -2.32. The van der Waals surface area contributed by atoms with Crippen molar-refractivity contribution in [3.63, 3.8) is 0 Å². The summed E-state index contributed by atoms with van der Waals surface area (Å²) in [5, 5.41) is 2.93. The summed E-state index contributed by atoms with van der Waals surface area (Å²) in [7, 11) is 2.47. The summed E-state index contributed by atoms with van der Waals surface area (Å²) in [6.07, 6.45) is 6.16. The number of hydrogen-bond acceptors (Lipinski definition) is 13. The van der Waals surface area contributed by atoms with Crippen LogP contribution in [-0.2, 0) is 50.8 Å². The summed E-state index contributed by atoms with van der Waals surface area (Å²) in [4.78, 5) is 93.5. The van der Waals surface area contributed by atoms with E-state index in [9.17, 15) is 33.6 Å². The number of epoxide rings is 1. The number of unbranched alkanes of at least 4 members (excludes halogenated alkanes) is 4. The zero-order valence-corrected chi connectivity index (χ0v) is 30.2. The molecule has 1 rings (SSSR count). The summed E-state index contributed by atoms with van der Waals surface area (Å²) < 4.78 is 19.9. The fourth-order valence-electron chi connectivity index (χ4n) is 4.85. The van der Waals surface area contributed by atoms with Crippen LogP contribution in [0.5, 0.6) is 0 Å². The maximum absolute atomic E-state index is 13.7. The molecule has 1 heterocycles. The Labute approximate surface area is 296 Å². The smallest absolute Gasteiger partial charge is 0.316 e. The third-order valence-electron chi connectivity index (χ3n) is 7.79. The van der Waals surface area contributed by atoms with Gasteiger partial charge in [0, 0.05) is 39.1 Å². The summed E-state index contributed by atoms with van der Waals surface area (Å²) in [6, 6.07) is 0. The van der Waals surface area contributed by atoms with Gasteiger partial charge in [0.1, 0.15) is 12.0 Å². The lowest BCUT2D eigenvalue weighted by Crippen LogP contribution is -2.50. The number of amides is 3. The molecule has 0 spiro atoms. The van der Waals surface area contributed by atoms with E-state index in [-0.39, 0.29) is 57.9 Å². The summed E-state index contributed by atoms with van der Waals surface area (Å²) in [6.45, 7) is 3.96. The topological polar surface area (TPSA) is 194 Å². The molecule has 48 heavy (non-hydrogen) atoms. The van der Waals surface area contributed by atoms with Gasteiger partial charge in [0.05, 0.1) is 59.7 Å². The van der Waals surface area contributed by atoms with Crippen molar-refractivity contribution in [1.29, 1.82) is 0 Å². The molecule has 3 amide bonds. The molecule has 0 aromatic carbocycles. The van der Waals surface area contributed by atoms with Crippen LogP contribution in [0.4, 0.5) is 0 Å². The molecule has 1 N–H and O–H groups in total. The molecule has 0 radical (unpaired) electrons. The second kappa shape index (κ2) is 24.9. The van der Waals surface area contributed by atoms with Crippen molar-refractivity contribution in [2.75, 3.05) is 73.2 Å². The van der Waals surface area contributed by atoms with Gasteiger partial charge in [-0.25, -0.2) is 0 Å². The molecule has 0 aliphatic carbocycles. The number of nitrogens with zero attached hydrogens (tertiary/aromatic N) is 4. The Kier molecular flexibility index (Phi) is 22.2. The zero-order chi connectivity index (χ0) is 35.8. The number of halogens is 1. The summed E-state index contributed by atoms with van der Waals surface area (Å²) in [5.41, 5.74) is -0.798. The molecule has 1 aliphatic rings. The van der Waals surface area contributed by atoms with Crippen LogP contribution in [0, 0.1) is 0 Å². The van der Waals surface area contributed by atoms with E-state index < -0.39 is 42.0 Å². The molecule has 1 saturated heterocycles. The molecule has 0 bridgehead atoms. The number of carbonyl (C=O) groups excluding carboxylic acids is 7. The highest BCUT2D eigenvalue weighted by Crippen LogP contribution is 2.37. The van der Waals surface area contributed by atoms with Crippen molar-refractivity contribution in [3.8, 4) is 0 Å². The Balaban J connectivity index is 2.86. The van der Waals surface area contributed by atoms with E-state index >= 15 is 0 Å². The minimum absolute atomic E-state index is 0.00818. The van der Waals surface area contributed by atoms with Gasteiger partial charge in [-0.15, -0.1) is 0 Å². The first kappa shape index (κ1) is 42.8. The monoisotopic (exact) mass is 795 g/mol. The molecule has 1 fully saturated rings. The predicted octanol–water partition coefficient (Wildman–Crippen LogP) is 1.22. The van der Waals surface area contributed by atoms with Gasteiger partial charge in [0.2, 0.25) is 17.7 Å². The lowest BCUT2D eigenvalue weighted by atomic mass is 10.1. The van der Waals surface area contributed by atoms with Crippen LogP contribution in [-0.4, -0.2) is 142 Å². The standard InChI is InChI=1S/C31H50IN5O11/c1-33-15-8-4-6-10-25(39)34-16-9-5-7-14-31(24-47-31)37(19-13-29(43)46-3)23-27(41)36(18-12-30(44)48-32)22-26(40)35(20-21-38)17-11-28(42)45-2/h21H,1,4-20,22-24H2,2-3H3,(H,34,39). The fourth-order valence-corrected chi connectivity index (χ4v) is 5.07. The third-order valence-corrected chi connectivity index (χ3v) is 8.28. The molecule has 17 heteroatoms. The van der Waals surface area contributed by atoms with Gasteiger partial charge in [-0.1, -0.05) is 12.8 Å². The van der Waals surface area contributed by atoms with E-state index in [1.54, 1.807) is 4.90 Å². The maximum Gasteiger partial charge on any atom is 0.316 e. The number of ether oxygens (including phenoxy) is 3. The van der Waals surface area contributed by atoms with Crippen molar-refractivity contribution in [2.45, 2.75) is 76.4 Å². The van der Waals surface area contributed by atoms with Crippen LogP contribution in [0.25, 0.3) is 0 Å². The van der Waals surface area contributed by atoms with E-state index in [0.717, 1.165) is 43.4 Å². The van der Waals surface area contributed by atoms with Gasteiger partial charge in [-0.3, -0.25) is 33.7 Å². The van der Waals surface area contributed by atoms with E-state index in [1.807, 2.05) is 0 Å². The van der Waals surface area contributed by atoms with Crippen LogP contribution in [0.2, 0.25) is 0 Å². The minimum atomic E-state index is -0.798. The minimum Gasteiger partial charge on any atom is -0.469 e. The van der Waals surface area contributed by atoms with Crippen LogP contribution in [0.15, 0.2) is 4.99 Å². The lowest BCUT2D eigenvalue weighted by molar-refractivity contribution is -0.146. The molecule has 272 valence electrons. The van der Waals surface area contributed by atoms with Gasteiger partial charge in [0.15, 0.2) is 23.0 Å². The predicted molar refractivity (Wildman–Crippen MR) is 182 cm³/mol. The highest BCUT2D eigenvalue weighted by atomic mass is 127. The van der Waals surface area contributed by atoms with E-state index in [2.05, 4.69) is 24.8 Å². The normalized spacial score (nSPS) is 14.8. The quantitative estimate of drug-likeness (QED) is 0.0298. The number of rotatable bonds is 28. The molecule has 1 atom stereocenters. The SMILES string of the molecule is C=NCCCCCC(=O)NCCCCCC1(N(CCC(=O)OC)CC(=O)N(CCC(=O)OI)CC(=O)N(CC=O)CCC(=O)OC)CO1. The van der Waals surface area contributed by atoms with Crippen molar-refractivity contribution in [2.24, 2.45) is 4.99 Å². The number of hydrogen-bond donors (Lipinski definition) is 1. The maximum atomic E-state index is 13.7. The van der Waals surface area contributed by atoms with Crippen molar-refractivity contribution in [3.05, 3.63) is 0 Å². The van der Waals surface area contributed by atoms with Crippen molar-refractivity contribution in [1.82, 2.24) is 20.0 Å². The molecular formula is C31H50IN5O11. The van der Waals surface area contributed by atoms with Crippen LogP contribution in [0.3, 0.4) is 0 Å². The fraction of sp³-hybridized carbons (Fsp3) is 0.742. The zero-order valence-electron chi connectivity index (χ0n) is 28.1. The van der Waals surface area contributed by atoms with Crippen LogP contribution >= 0.6 is 23.0 Å². The Bertz CT molecular complexity index is 1070. The first-order chi connectivity index (χ1) is 23.0. The Morgan fingerprint density at radius 3 is 2.04 bits per heavy atom. The molecule has 0 saturated carbocycles. The average Bonchev–Trinajstić information content (AvgIpc) is 3.88. The first-order valence-electron chi connectivity index (χ1n) is 16.1. The Hall–Kier alpha value is -3.19. The Morgan fingerprint density at radius 2 is 1.44 bits per heavy atom. The van der Waals surface area contributed by atoms with Gasteiger partial charge in [-0.2, -0.15) is 0 Å². The van der Waals surface area contributed by atoms with Crippen molar-refractivity contribution >= 4 is 71.6 Å². The van der Waals surface area contributed by atoms with Crippen molar-refractivity contribution < 1.29 is 50.8 Å². The number of carbonyl (C=O) groups is 7. The number of methoxy groups -OCH3 is 2. The molecule has 0 aromatic heterocycles. The van der Waals surface area contributed by atoms with Crippen LogP contribution < -0.4 is 5.32 Å². The molecule has 1 unspecified atom stereocenters. The summed E-state index contributed by atoms with van der Waals surface area (Å²) in [5.74, 6) is -2.73. The average molecular weight is 796 g/mol. The highest BCUT2D eigenvalue weighted by Gasteiger charge is 2.50. The first-order valence-corrected chi connectivity index (χ1v) is 17.0. The third kappa shape index (κ3) is 17.8. The molecular weight excluding hydrogens is 745 g/mol. The van der Waals surface area contributed by atoms with Gasteiger partial charge >= 0.3 is 17.9 Å². The van der Waals surface area contributed by atoms with Gasteiger partial charge < -0.3 is 42.2 Å². The molecule has 16 nitrogen and oxygen atoms in total. The highest BCUT2D eigenvalue weighted by molar-refractivity contribution is 14.1. The van der Waals surface area contributed by atoms with E-state index in [4.69, 9.17) is 9.47 Å². The van der Waals surface area contributed by atoms with Gasteiger partial charge in [0.25, 0.3) is 0 Å². The van der Waals surface area contributed by atoms with E-state index in [1.165, 1.54) is 42.1 Å². The number of aliphatic imine (C=N–C) groups is 1. The largest absolute Gasteiger partial charge is 0.469 e. The Morgan fingerprint density at radius 1 is 0.833 bits per heavy atom. The second-order valence-corrected chi connectivity index (χ2v) is 11.7. The number of esters is 2. The van der Waals surface area contributed by atoms with E-state index in [0.29, 0.717) is 38.8 Å². The second-order valence-electron chi connectivity index (χ2n) is 11.2. The number of aldehydes is 1. The summed E-state index contributed by atoms with van der Waals surface area (Å²) >= 11 is 1.43.